The molecule has 4 nitrogen and oxygen atoms in total. The van der Waals surface area contributed by atoms with E-state index in [1.54, 1.807) is 18.3 Å². The minimum atomic E-state index is -2.85. The second-order valence-electron chi connectivity index (χ2n) is 23.6. The van der Waals surface area contributed by atoms with E-state index in [1.807, 2.05) is 53.1 Å². The van der Waals surface area contributed by atoms with Crippen molar-refractivity contribution in [3.63, 3.8) is 0 Å². The highest BCUT2D eigenvalue weighted by molar-refractivity contribution is 5.97. The van der Waals surface area contributed by atoms with Crippen LogP contribution in [-0.2, 0) is 27.1 Å². The van der Waals surface area contributed by atoms with Gasteiger partial charge in [-0.3, -0.25) is 9.55 Å². The van der Waals surface area contributed by atoms with Crippen molar-refractivity contribution in [2.24, 2.45) is 0 Å². The summed E-state index contributed by atoms with van der Waals surface area (Å²) in [5.74, 6) is 0.426. The van der Waals surface area contributed by atoms with Gasteiger partial charge >= 0.3 is 0 Å². The number of phenols is 1. The number of aromatic nitrogens is 3. The fourth-order valence-corrected chi connectivity index (χ4v) is 10.1. The summed E-state index contributed by atoms with van der Waals surface area (Å²) < 4.78 is 89.2. The van der Waals surface area contributed by atoms with Crippen LogP contribution < -0.4 is 0 Å². The molecular formula is C68H81N3O. The predicted octanol–water partition coefficient (Wildman–Crippen LogP) is 19.1. The Morgan fingerprint density at radius 2 is 1.15 bits per heavy atom. The topological polar surface area (TPSA) is 50.9 Å². The van der Waals surface area contributed by atoms with E-state index in [1.165, 1.54) is 11.1 Å². The van der Waals surface area contributed by atoms with Gasteiger partial charge in [0.15, 0.2) is 0 Å². The summed E-state index contributed by atoms with van der Waals surface area (Å²) in [6, 6.07) is 29.7. The summed E-state index contributed by atoms with van der Waals surface area (Å²) in [5, 5.41) is 12.7. The van der Waals surface area contributed by atoms with E-state index >= 15 is 0 Å². The van der Waals surface area contributed by atoms with Crippen molar-refractivity contribution in [2.45, 2.75) is 170 Å². The van der Waals surface area contributed by atoms with Crippen molar-refractivity contribution in [2.75, 3.05) is 0 Å². The lowest BCUT2D eigenvalue weighted by molar-refractivity contribution is 0.426. The largest absolute Gasteiger partial charge is 0.507 e. The van der Waals surface area contributed by atoms with Gasteiger partial charge in [-0.25, -0.2) is 4.98 Å². The second kappa shape index (κ2) is 19.3. The Bertz CT molecular complexity index is 3700. The van der Waals surface area contributed by atoms with Crippen LogP contribution in [0.25, 0.3) is 72.7 Å². The molecule has 0 aliphatic heterocycles. The molecule has 0 radical (unpaired) electrons. The first-order chi connectivity index (χ1) is 37.9. The van der Waals surface area contributed by atoms with Crippen molar-refractivity contribution in [1.82, 2.24) is 14.5 Å². The Kier molecular flexibility index (Phi) is 10.8. The summed E-state index contributed by atoms with van der Waals surface area (Å²) in [5.41, 5.74) is 9.82. The molecule has 2 heterocycles. The van der Waals surface area contributed by atoms with E-state index in [0.717, 1.165) is 64.6 Å². The lowest BCUT2D eigenvalue weighted by Gasteiger charge is -2.36. The number of aryl methyl sites for hydroxylation is 1. The number of pyridine rings is 1. The number of para-hydroxylation sites is 1. The molecule has 374 valence electrons. The number of fused-ring (bicyclic) bond motifs is 1. The highest BCUT2D eigenvalue weighted by Crippen LogP contribution is 2.48. The Morgan fingerprint density at radius 1 is 0.542 bits per heavy atom. The van der Waals surface area contributed by atoms with E-state index in [9.17, 15) is 9.22 Å². The van der Waals surface area contributed by atoms with Crippen LogP contribution in [-0.4, -0.2) is 19.6 Å². The van der Waals surface area contributed by atoms with E-state index in [-0.39, 0.29) is 33.1 Å². The SMILES string of the molecule is [2H]c1c([2H])c(C([2H])([2H])[2H])c([2H])c([2H])c1-c1ccnc(-c2cc(-c3cccc4c3nc(-c3cc(C(C)(C)C)cc(C(C)(C)C)c3O)n4-c3ccc(-c4c(C(C)(CC)CC)cccc4C(C)(CC)CC)cc3C([2H])([2H])[2H])cc(C(C)(C)C)c2)c1. The molecule has 4 heteroatoms. The van der Waals surface area contributed by atoms with Crippen molar-refractivity contribution in [3.8, 4) is 67.5 Å². The molecule has 0 unspecified atom stereocenters. The molecule has 0 saturated heterocycles. The first-order valence-electron chi connectivity index (χ1n) is 30.9. The summed E-state index contributed by atoms with van der Waals surface area (Å²) in [7, 11) is 0. The molecule has 1 N–H and O–H groups in total. The number of phenolic OH excluding ortho intramolecular Hbond substituents is 1. The third-order valence-electron chi connectivity index (χ3n) is 15.8. The number of imidazole rings is 1. The maximum absolute atomic E-state index is 12.7. The monoisotopic (exact) mass is 966 g/mol. The number of hydrogen-bond donors (Lipinski definition) is 1. The summed E-state index contributed by atoms with van der Waals surface area (Å²) in [6.07, 6.45) is 5.13. The van der Waals surface area contributed by atoms with Gasteiger partial charge in [0.2, 0.25) is 0 Å². The lowest BCUT2D eigenvalue weighted by atomic mass is 9.68. The van der Waals surface area contributed by atoms with Crippen LogP contribution in [0.4, 0.5) is 0 Å². The summed E-state index contributed by atoms with van der Waals surface area (Å²) >= 11 is 0. The minimum Gasteiger partial charge on any atom is -0.507 e. The van der Waals surface area contributed by atoms with Gasteiger partial charge in [-0.05, 0) is 171 Å². The maximum atomic E-state index is 12.7. The highest BCUT2D eigenvalue weighted by Gasteiger charge is 2.34. The van der Waals surface area contributed by atoms with Gasteiger partial charge in [0.05, 0.1) is 33.5 Å². The molecule has 6 aromatic carbocycles. The van der Waals surface area contributed by atoms with Gasteiger partial charge in [0.1, 0.15) is 11.6 Å². The molecule has 0 saturated carbocycles. The first-order valence-corrected chi connectivity index (χ1v) is 25.9. The van der Waals surface area contributed by atoms with Crippen LogP contribution in [0.15, 0.2) is 127 Å². The van der Waals surface area contributed by atoms with Gasteiger partial charge in [-0.15, -0.1) is 0 Å². The Morgan fingerprint density at radius 3 is 1.74 bits per heavy atom. The zero-order valence-electron chi connectivity index (χ0n) is 55.4. The smallest absolute Gasteiger partial charge is 0.149 e. The molecule has 8 aromatic rings. The number of nitrogens with zero attached hydrogens (tertiary/aromatic N) is 3. The second-order valence-corrected chi connectivity index (χ2v) is 23.6. The molecule has 2 aromatic heterocycles. The summed E-state index contributed by atoms with van der Waals surface area (Å²) in [4.78, 5) is 10.4. The Labute approximate surface area is 447 Å². The minimum absolute atomic E-state index is 0.0371. The van der Waals surface area contributed by atoms with Crippen LogP contribution in [0.2, 0.25) is 0 Å². The first kappa shape index (κ1) is 40.2. The van der Waals surface area contributed by atoms with Gasteiger partial charge in [0.25, 0.3) is 0 Å². The third kappa shape index (κ3) is 9.71. The zero-order chi connectivity index (χ0) is 60.8. The molecule has 8 rings (SSSR count). The van der Waals surface area contributed by atoms with Gasteiger partial charge in [0, 0.05) is 31.1 Å². The number of aromatic hydroxyl groups is 1. The quantitative estimate of drug-likeness (QED) is 0.133. The van der Waals surface area contributed by atoms with Crippen LogP contribution in [0.1, 0.15) is 182 Å². The van der Waals surface area contributed by atoms with Gasteiger partial charge in [-0.1, -0.05) is 182 Å². The molecule has 0 fully saturated rings. The molecule has 0 amide bonds. The lowest BCUT2D eigenvalue weighted by Crippen LogP contribution is -2.25. The van der Waals surface area contributed by atoms with E-state index < -0.39 is 54.3 Å². The Balaban J connectivity index is 1.48. The Hall–Kier alpha value is -6.26. The predicted molar refractivity (Wildman–Crippen MR) is 309 cm³/mol. The van der Waals surface area contributed by atoms with E-state index in [2.05, 4.69) is 140 Å². The molecule has 0 spiro atoms. The summed E-state index contributed by atoms with van der Waals surface area (Å²) in [6.45, 7) is 27.0. The van der Waals surface area contributed by atoms with Crippen molar-refractivity contribution in [1.29, 1.82) is 0 Å². The fourth-order valence-electron chi connectivity index (χ4n) is 10.1. The zero-order valence-corrected chi connectivity index (χ0v) is 45.4. The van der Waals surface area contributed by atoms with Crippen LogP contribution in [0.3, 0.4) is 0 Å². The normalized spacial score (nSPS) is 15.2. The molecule has 0 aliphatic rings. The van der Waals surface area contributed by atoms with E-state index in [0.29, 0.717) is 44.9 Å². The standard InChI is InChI=1S/C68H81N3O/c1-18-67(16,19-2)54-25-23-26-55(68(17,20-3)21-4)60(54)47-32-33-58(44(6)36-47)71-59-27-22-24-52(61(59)70-63(71)53-41-51(65(10,11)12)42-56(62(53)72)66(13,14)15)48-37-49(39-50(38-48)64(7,8)9)57-40-46(34-35-69-57)45-30-28-43(5)29-31-45/h22-42,72H,18-21H2,1-17H3/i5D3,6D3,28D,29D,30D,31D. The highest BCUT2D eigenvalue weighted by atomic mass is 16.3. The van der Waals surface area contributed by atoms with Crippen molar-refractivity contribution >= 4 is 11.0 Å². The number of hydrogen-bond acceptors (Lipinski definition) is 3. The molecule has 72 heavy (non-hydrogen) atoms. The van der Waals surface area contributed by atoms with Gasteiger partial charge in [-0.2, -0.15) is 0 Å². The molecule has 0 atom stereocenters. The molecular weight excluding hydrogens is 875 g/mol. The maximum Gasteiger partial charge on any atom is 0.149 e. The average molecular weight is 966 g/mol. The van der Waals surface area contributed by atoms with Crippen LogP contribution >= 0.6 is 0 Å². The third-order valence-corrected chi connectivity index (χ3v) is 15.8. The average Bonchev–Trinajstić information content (AvgIpc) is 3.98. The van der Waals surface area contributed by atoms with Gasteiger partial charge < -0.3 is 5.11 Å². The molecule has 0 bridgehead atoms. The van der Waals surface area contributed by atoms with Crippen LogP contribution in [0, 0.1) is 13.7 Å². The van der Waals surface area contributed by atoms with E-state index in [4.69, 9.17) is 19.6 Å². The van der Waals surface area contributed by atoms with Crippen LogP contribution in [0.5, 0.6) is 5.75 Å². The van der Waals surface area contributed by atoms with Crippen molar-refractivity contribution in [3.05, 3.63) is 166 Å². The number of benzene rings is 6. The van der Waals surface area contributed by atoms with Crippen molar-refractivity contribution < 1.29 is 18.8 Å². The number of rotatable bonds is 12. The molecule has 0 aliphatic carbocycles. The fraction of sp³-hybridized carbons (Fsp3) is 0.382.